The zero-order chi connectivity index (χ0) is 14.4. The Morgan fingerprint density at radius 1 is 1.25 bits per heavy atom. The van der Waals surface area contributed by atoms with E-state index in [1.165, 1.54) is 6.33 Å². The summed E-state index contributed by atoms with van der Waals surface area (Å²) < 4.78 is 4.99. The first-order valence-corrected chi connectivity index (χ1v) is 6.36. The minimum atomic E-state index is 0.523. The van der Waals surface area contributed by atoms with E-state index in [2.05, 4.69) is 15.3 Å². The van der Waals surface area contributed by atoms with Gasteiger partial charge in [-0.3, -0.25) is 0 Å². The van der Waals surface area contributed by atoms with Crippen molar-refractivity contribution in [3.8, 4) is 0 Å². The molecule has 0 unspecified atom stereocenters. The summed E-state index contributed by atoms with van der Waals surface area (Å²) in [6.45, 7) is 1.24. The highest BCUT2D eigenvalue weighted by atomic mass is 16.5. The molecule has 0 aliphatic rings. The zero-order valence-electron chi connectivity index (χ0n) is 11.7. The van der Waals surface area contributed by atoms with Gasteiger partial charge in [0.25, 0.3) is 0 Å². The molecule has 0 fully saturated rings. The van der Waals surface area contributed by atoms with Gasteiger partial charge in [0.15, 0.2) is 11.6 Å². The average Bonchev–Trinajstić information content (AvgIpc) is 2.49. The van der Waals surface area contributed by atoms with Crippen LogP contribution in [0.3, 0.4) is 0 Å². The number of nitrogens with zero attached hydrogens (tertiary/aromatic N) is 3. The third kappa shape index (κ3) is 3.16. The Morgan fingerprint density at radius 2 is 2.00 bits per heavy atom. The summed E-state index contributed by atoms with van der Waals surface area (Å²) in [7, 11) is 3.58. The van der Waals surface area contributed by atoms with E-state index >= 15 is 0 Å². The van der Waals surface area contributed by atoms with Crippen LogP contribution in [0.25, 0.3) is 0 Å². The first-order valence-electron chi connectivity index (χ1n) is 6.36. The summed E-state index contributed by atoms with van der Waals surface area (Å²) in [5.74, 6) is 1.29. The van der Waals surface area contributed by atoms with Crippen LogP contribution in [0.2, 0.25) is 0 Å². The van der Waals surface area contributed by atoms with E-state index in [-0.39, 0.29) is 0 Å². The van der Waals surface area contributed by atoms with Crippen molar-refractivity contribution in [2.45, 2.75) is 0 Å². The number of para-hydroxylation sites is 1. The molecule has 2 rings (SSSR count). The Balaban J connectivity index is 2.22. The van der Waals surface area contributed by atoms with Gasteiger partial charge in [-0.15, -0.1) is 0 Å². The predicted molar refractivity (Wildman–Crippen MR) is 81.3 cm³/mol. The normalized spacial score (nSPS) is 10.3. The van der Waals surface area contributed by atoms with Crippen molar-refractivity contribution in [1.29, 1.82) is 0 Å². The first kappa shape index (κ1) is 14.1. The predicted octanol–water partition coefficient (Wildman–Crippen LogP) is 1.89. The summed E-state index contributed by atoms with van der Waals surface area (Å²) in [4.78, 5) is 10.3. The van der Waals surface area contributed by atoms with E-state index in [4.69, 9.17) is 10.5 Å². The van der Waals surface area contributed by atoms with Gasteiger partial charge < -0.3 is 20.7 Å². The van der Waals surface area contributed by atoms with E-state index in [0.717, 1.165) is 5.69 Å². The van der Waals surface area contributed by atoms with E-state index in [1.807, 2.05) is 42.3 Å². The summed E-state index contributed by atoms with van der Waals surface area (Å²) in [5.41, 5.74) is 7.67. The van der Waals surface area contributed by atoms with Gasteiger partial charge >= 0.3 is 0 Å². The summed E-state index contributed by atoms with van der Waals surface area (Å²) in [6, 6.07) is 9.92. The lowest BCUT2D eigenvalue weighted by atomic mass is 10.3. The van der Waals surface area contributed by atoms with Crippen molar-refractivity contribution in [2.24, 2.45) is 0 Å². The molecular weight excluding hydrogens is 254 g/mol. The Bertz CT molecular complexity index is 547. The van der Waals surface area contributed by atoms with Gasteiger partial charge in [0, 0.05) is 26.4 Å². The maximum absolute atomic E-state index is 6.13. The number of methoxy groups -OCH3 is 1. The van der Waals surface area contributed by atoms with Crippen LogP contribution >= 0.6 is 0 Å². The van der Waals surface area contributed by atoms with E-state index in [9.17, 15) is 0 Å². The number of aromatic nitrogens is 2. The van der Waals surface area contributed by atoms with Crippen LogP contribution in [-0.2, 0) is 4.74 Å². The van der Waals surface area contributed by atoms with Gasteiger partial charge in [0.1, 0.15) is 12.0 Å². The monoisotopic (exact) mass is 273 g/mol. The molecule has 0 spiro atoms. The van der Waals surface area contributed by atoms with Crippen molar-refractivity contribution in [3.05, 3.63) is 36.7 Å². The molecule has 0 aliphatic carbocycles. The van der Waals surface area contributed by atoms with Crippen LogP contribution < -0.4 is 16.0 Å². The van der Waals surface area contributed by atoms with Crippen LogP contribution in [0.5, 0.6) is 0 Å². The molecule has 0 saturated carbocycles. The molecule has 6 heteroatoms. The Kier molecular flexibility index (Phi) is 4.73. The van der Waals surface area contributed by atoms with Gasteiger partial charge in [-0.05, 0) is 12.1 Å². The second-order valence-corrected chi connectivity index (χ2v) is 4.27. The lowest BCUT2D eigenvalue weighted by Gasteiger charge is -2.21. The second-order valence-electron chi connectivity index (χ2n) is 4.27. The third-order valence-electron chi connectivity index (χ3n) is 2.92. The third-order valence-corrected chi connectivity index (χ3v) is 2.92. The molecular formula is C14H19N5O. The first-order chi connectivity index (χ1) is 9.74. The standard InChI is InChI=1S/C14H19N5O/c1-19(11-6-4-3-5-7-11)14-12(15)13(17-10-18-14)16-8-9-20-2/h3-7,10H,8-9,15H2,1-2H3,(H,16,17,18). The number of hydrogen-bond donors (Lipinski definition) is 2. The molecule has 0 radical (unpaired) electrons. The Morgan fingerprint density at radius 3 is 2.70 bits per heavy atom. The van der Waals surface area contributed by atoms with Gasteiger partial charge in [0.2, 0.25) is 0 Å². The van der Waals surface area contributed by atoms with Crippen LogP contribution in [0, 0.1) is 0 Å². The second kappa shape index (κ2) is 6.72. The molecule has 3 N–H and O–H groups in total. The Labute approximate surface area is 118 Å². The van der Waals surface area contributed by atoms with Crippen LogP contribution in [0.15, 0.2) is 36.7 Å². The number of benzene rings is 1. The summed E-state index contributed by atoms with van der Waals surface area (Å²) in [6.07, 6.45) is 1.50. The molecule has 106 valence electrons. The van der Waals surface area contributed by atoms with Crippen LogP contribution in [-0.4, -0.2) is 37.3 Å². The molecule has 6 nitrogen and oxygen atoms in total. The highest BCUT2D eigenvalue weighted by molar-refractivity contribution is 5.78. The Hall–Kier alpha value is -2.34. The quantitative estimate of drug-likeness (QED) is 0.783. The maximum atomic E-state index is 6.13. The van der Waals surface area contributed by atoms with Crippen molar-refractivity contribution in [1.82, 2.24) is 9.97 Å². The number of nitrogens with one attached hydrogen (secondary N) is 1. The van der Waals surface area contributed by atoms with Gasteiger partial charge in [-0.1, -0.05) is 18.2 Å². The van der Waals surface area contributed by atoms with Crippen molar-refractivity contribution < 1.29 is 4.74 Å². The SMILES string of the molecule is COCCNc1ncnc(N(C)c2ccccc2)c1N. The number of ether oxygens (including phenoxy) is 1. The number of hydrogen-bond acceptors (Lipinski definition) is 6. The van der Waals surface area contributed by atoms with E-state index in [0.29, 0.717) is 30.5 Å². The van der Waals surface area contributed by atoms with Gasteiger partial charge in [-0.25, -0.2) is 9.97 Å². The molecule has 0 aliphatic heterocycles. The highest BCUT2D eigenvalue weighted by Gasteiger charge is 2.12. The number of nitrogen functional groups attached to an aromatic ring is 1. The smallest absolute Gasteiger partial charge is 0.161 e. The molecule has 1 aromatic carbocycles. The average molecular weight is 273 g/mol. The van der Waals surface area contributed by atoms with E-state index < -0.39 is 0 Å². The number of rotatable bonds is 6. The lowest BCUT2D eigenvalue weighted by molar-refractivity contribution is 0.210. The minimum Gasteiger partial charge on any atom is -0.393 e. The molecule has 0 atom stereocenters. The number of anilines is 4. The topological polar surface area (TPSA) is 76.3 Å². The van der Waals surface area contributed by atoms with Crippen molar-refractivity contribution in [2.75, 3.05) is 43.3 Å². The van der Waals surface area contributed by atoms with Crippen molar-refractivity contribution >= 4 is 23.0 Å². The molecule has 0 bridgehead atoms. The fourth-order valence-corrected chi connectivity index (χ4v) is 1.84. The molecule has 1 heterocycles. The minimum absolute atomic E-state index is 0.523. The molecule has 20 heavy (non-hydrogen) atoms. The fraction of sp³-hybridized carbons (Fsp3) is 0.286. The van der Waals surface area contributed by atoms with Crippen LogP contribution in [0.1, 0.15) is 0 Å². The molecule has 1 aromatic heterocycles. The molecule has 0 saturated heterocycles. The largest absolute Gasteiger partial charge is 0.393 e. The molecule has 2 aromatic rings. The molecule has 0 amide bonds. The summed E-state index contributed by atoms with van der Waals surface area (Å²) in [5, 5.41) is 3.13. The zero-order valence-corrected chi connectivity index (χ0v) is 11.7. The fourth-order valence-electron chi connectivity index (χ4n) is 1.84. The summed E-state index contributed by atoms with van der Waals surface area (Å²) >= 11 is 0. The number of nitrogens with two attached hydrogens (primary N) is 1. The van der Waals surface area contributed by atoms with Crippen LogP contribution in [0.4, 0.5) is 23.0 Å². The van der Waals surface area contributed by atoms with Gasteiger partial charge in [-0.2, -0.15) is 0 Å². The lowest BCUT2D eigenvalue weighted by Crippen LogP contribution is -2.16. The highest BCUT2D eigenvalue weighted by Crippen LogP contribution is 2.29. The van der Waals surface area contributed by atoms with Crippen molar-refractivity contribution in [3.63, 3.8) is 0 Å². The maximum Gasteiger partial charge on any atom is 0.161 e. The van der Waals surface area contributed by atoms with E-state index in [1.54, 1.807) is 7.11 Å². The van der Waals surface area contributed by atoms with Gasteiger partial charge in [0.05, 0.1) is 6.61 Å².